The van der Waals surface area contributed by atoms with E-state index in [0.717, 1.165) is 16.5 Å². The Hall–Kier alpha value is -3.32. The van der Waals surface area contributed by atoms with E-state index in [1.807, 2.05) is 30.5 Å². The Kier molecular flexibility index (Phi) is 8.08. The molecule has 0 saturated carbocycles. The van der Waals surface area contributed by atoms with E-state index in [1.54, 1.807) is 53.4 Å². The molecule has 3 aromatic carbocycles. The number of hydrogen-bond acceptors (Lipinski definition) is 3. The molecule has 4 aromatic rings. The lowest BCUT2D eigenvalue weighted by molar-refractivity contribution is -0.138. The molecule has 4 N–H and O–H groups in total. The van der Waals surface area contributed by atoms with Crippen LogP contribution in [0.25, 0.3) is 10.9 Å². The molecule has 0 saturated heterocycles. The summed E-state index contributed by atoms with van der Waals surface area (Å²) in [6.45, 7) is 0.524. The summed E-state index contributed by atoms with van der Waals surface area (Å²) >= 11 is 12.1. The van der Waals surface area contributed by atoms with E-state index >= 15 is 0 Å². The van der Waals surface area contributed by atoms with Gasteiger partial charge in [0.1, 0.15) is 6.04 Å². The zero-order chi connectivity index (χ0) is 24.8. The average Bonchev–Trinajstić information content (AvgIpc) is 3.27. The topological polar surface area (TPSA) is 91.2 Å². The lowest BCUT2D eigenvalue weighted by Gasteiger charge is -2.31. The molecule has 8 heteroatoms. The molecule has 0 fully saturated rings. The van der Waals surface area contributed by atoms with Gasteiger partial charge in [0.25, 0.3) is 5.91 Å². The first-order valence-electron chi connectivity index (χ1n) is 11.3. The fraction of sp³-hybridized carbons (Fsp3) is 0.185. The van der Waals surface area contributed by atoms with Crippen LogP contribution in [0.15, 0.2) is 79.0 Å². The summed E-state index contributed by atoms with van der Waals surface area (Å²) < 4.78 is 0. The lowest BCUT2D eigenvalue weighted by Crippen LogP contribution is -2.43. The van der Waals surface area contributed by atoms with Crippen LogP contribution in [0.2, 0.25) is 10.0 Å². The normalized spacial score (nSPS) is 11.9. The van der Waals surface area contributed by atoms with Crippen LogP contribution in [0.3, 0.4) is 0 Å². The van der Waals surface area contributed by atoms with Crippen molar-refractivity contribution in [2.75, 3.05) is 18.4 Å². The van der Waals surface area contributed by atoms with Crippen LogP contribution in [0, 0.1) is 0 Å². The van der Waals surface area contributed by atoms with Crippen molar-refractivity contribution in [1.29, 1.82) is 0 Å². The predicted molar refractivity (Wildman–Crippen MR) is 142 cm³/mol. The minimum Gasteiger partial charge on any atom is -0.361 e. The van der Waals surface area contributed by atoms with Gasteiger partial charge < -0.3 is 20.9 Å². The highest BCUT2D eigenvalue weighted by molar-refractivity contribution is 6.30. The third kappa shape index (κ3) is 6.03. The van der Waals surface area contributed by atoms with Gasteiger partial charge in [-0.05, 0) is 60.0 Å². The van der Waals surface area contributed by atoms with Crippen LogP contribution in [0.1, 0.15) is 23.6 Å². The Morgan fingerprint density at radius 1 is 0.943 bits per heavy atom. The molecule has 0 aliphatic carbocycles. The number of anilines is 1. The summed E-state index contributed by atoms with van der Waals surface area (Å²) in [5.74, 6) is -0.530. The van der Waals surface area contributed by atoms with Crippen molar-refractivity contribution in [3.8, 4) is 0 Å². The Balaban J connectivity index is 1.67. The standard InChI is InChI=1S/C27H26Cl2N4O2/c28-20-7-5-18(6-8-20)26(27(35)32-22-11-9-21(29)10-12-22)33(25(34)13-15-30)16-14-19-17-31-24-4-2-1-3-23(19)24/h1-12,17,26,31H,13-16,30H2,(H,32,35). The van der Waals surface area contributed by atoms with Gasteiger partial charge in [-0.15, -0.1) is 0 Å². The fourth-order valence-electron chi connectivity index (χ4n) is 4.11. The molecule has 1 heterocycles. The zero-order valence-corrected chi connectivity index (χ0v) is 20.5. The van der Waals surface area contributed by atoms with Crippen LogP contribution in [0.5, 0.6) is 0 Å². The number of hydrogen-bond donors (Lipinski definition) is 3. The molecule has 1 unspecified atom stereocenters. The average molecular weight is 509 g/mol. The van der Waals surface area contributed by atoms with Crippen molar-refractivity contribution in [3.63, 3.8) is 0 Å². The number of halogens is 2. The smallest absolute Gasteiger partial charge is 0.251 e. The maximum absolute atomic E-state index is 13.6. The summed E-state index contributed by atoms with van der Waals surface area (Å²) in [5, 5.41) is 5.12. The van der Waals surface area contributed by atoms with Gasteiger partial charge in [0.05, 0.1) is 0 Å². The van der Waals surface area contributed by atoms with Crippen molar-refractivity contribution < 1.29 is 9.59 Å². The summed E-state index contributed by atoms with van der Waals surface area (Å²) in [7, 11) is 0. The number of carbonyl (C=O) groups excluding carboxylic acids is 2. The minimum atomic E-state index is -0.868. The van der Waals surface area contributed by atoms with E-state index in [4.69, 9.17) is 28.9 Å². The lowest BCUT2D eigenvalue weighted by atomic mass is 10.0. The highest BCUT2D eigenvalue weighted by Crippen LogP contribution is 2.27. The monoisotopic (exact) mass is 508 g/mol. The minimum absolute atomic E-state index is 0.131. The van der Waals surface area contributed by atoms with Crippen LogP contribution in [-0.2, 0) is 16.0 Å². The third-order valence-corrected chi connectivity index (χ3v) is 6.34. The van der Waals surface area contributed by atoms with Gasteiger partial charge in [-0.1, -0.05) is 53.5 Å². The first kappa shape index (κ1) is 24.8. The molecule has 0 aliphatic heterocycles. The van der Waals surface area contributed by atoms with Crippen LogP contribution in [-0.4, -0.2) is 34.8 Å². The number of nitrogens with zero attached hydrogens (tertiary/aromatic N) is 1. The van der Waals surface area contributed by atoms with E-state index in [1.165, 1.54) is 0 Å². The molecule has 6 nitrogen and oxygen atoms in total. The maximum atomic E-state index is 13.6. The van der Waals surface area contributed by atoms with Gasteiger partial charge in [0.2, 0.25) is 5.91 Å². The second-order valence-electron chi connectivity index (χ2n) is 8.19. The second-order valence-corrected chi connectivity index (χ2v) is 9.06. The number of fused-ring (bicyclic) bond motifs is 1. The molecular weight excluding hydrogens is 483 g/mol. The van der Waals surface area contributed by atoms with Gasteiger partial charge in [-0.25, -0.2) is 0 Å². The number of rotatable bonds is 9. The molecule has 1 atom stereocenters. The van der Waals surface area contributed by atoms with Crippen LogP contribution >= 0.6 is 23.2 Å². The second kappa shape index (κ2) is 11.4. The molecule has 0 spiro atoms. The quantitative estimate of drug-likeness (QED) is 0.275. The molecule has 35 heavy (non-hydrogen) atoms. The number of aromatic nitrogens is 1. The molecule has 4 rings (SSSR count). The summed E-state index contributed by atoms with van der Waals surface area (Å²) in [4.78, 5) is 31.7. The predicted octanol–water partition coefficient (Wildman–Crippen LogP) is 5.57. The number of nitrogens with two attached hydrogens (primary N) is 1. The van der Waals surface area contributed by atoms with Gasteiger partial charge in [-0.2, -0.15) is 0 Å². The SMILES string of the molecule is NCCC(=O)N(CCc1c[nH]c2ccccc12)C(C(=O)Nc1ccc(Cl)cc1)c1ccc(Cl)cc1. The number of H-pyrrole nitrogens is 1. The molecular formula is C27H26Cl2N4O2. The number of para-hydroxylation sites is 1. The number of benzene rings is 3. The third-order valence-electron chi connectivity index (χ3n) is 5.83. The Bertz CT molecular complexity index is 1300. The van der Waals surface area contributed by atoms with Gasteiger partial charge in [0.15, 0.2) is 0 Å². The van der Waals surface area contributed by atoms with Crippen molar-refractivity contribution in [1.82, 2.24) is 9.88 Å². The fourth-order valence-corrected chi connectivity index (χ4v) is 4.36. The number of amides is 2. The Labute approximate surface area is 214 Å². The molecule has 180 valence electrons. The van der Waals surface area contributed by atoms with Crippen molar-refractivity contribution in [2.24, 2.45) is 5.73 Å². The van der Waals surface area contributed by atoms with E-state index < -0.39 is 6.04 Å². The van der Waals surface area contributed by atoms with Crippen molar-refractivity contribution in [2.45, 2.75) is 18.9 Å². The van der Waals surface area contributed by atoms with Gasteiger partial charge >= 0.3 is 0 Å². The Morgan fingerprint density at radius 3 is 2.29 bits per heavy atom. The molecule has 2 amide bonds. The summed E-state index contributed by atoms with van der Waals surface area (Å²) in [6, 6.07) is 20.9. The number of nitrogens with one attached hydrogen (secondary N) is 2. The highest BCUT2D eigenvalue weighted by atomic mass is 35.5. The number of aromatic amines is 1. The first-order chi connectivity index (χ1) is 17.0. The first-order valence-corrected chi connectivity index (χ1v) is 12.1. The van der Waals surface area contributed by atoms with Crippen molar-refractivity contribution >= 4 is 51.6 Å². The van der Waals surface area contributed by atoms with E-state index in [0.29, 0.717) is 34.3 Å². The van der Waals surface area contributed by atoms with Crippen LogP contribution < -0.4 is 11.1 Å². The Morgan fingerprint density at radius 2 is 1.60 bits per heavy atom. The molecule has 0 aliphatic rings. The number of carbonyl (C=O) groups is 2. The van der Waals surface area contributed by atoms with Gasteiger partial charge in [0, 0.05) is 52.3 Å². The molecule has 1 aromatic heterocycles. The summed E-state index contributed by atoms with van der Waals surface area (Å²) in [5.41, 5.74) is 9.06. The summed E-state index contributed by atoms with van der Waals surface area (Å²) in [6.07, 6.45) is 2.65. The highest BCUT2D eigenvalue weighted by Gasteiger charge is 2.31. The van der Waals surface area contributed by atoms with Crippen molar-refractivity contribution in [3.05, 3.63) is 100 Å². The van der Waals surface area contributed by atoms with Gasteiger partial charge in [-0.3, -0.25) is 9.59 Å². The van der Waals surface area contributed by atoms with E-state index in [2.05, 4.69) is 10.3 Å². The maximum Gasteiger partial charge on any atom is 0.251 e. The van der Waals surface area contributed by atoms with Crippen LogP contribution in [0.4, 0.5) is 5.69 Å². The zero-order valence-electron chi connectivity index (χ0n) is 19.0. The largest absolute Gasteiger partial charge is 0.361 e. The van der Waals surface area contributed by atoms with E-state index in [9.17, 15) is 9.59 Å². The molecule has 0 bridgehead atoms. The van der Waals surface area contributed by atoms with E-state index in [-0.39, 0.29) is 24.8 Å². The molecule has 0 radical (unpaired) electrons.